The number of amides is 2. The molecule has 1 aromatic rings. The number of rotatable bonds is 6. The molecule has 2 aliphatic heterocycles. The molecule has 1 fully saturated rings. The van der Waals surface area contributed by atoms with Crippen molar-refractivity contribution < 1.29 is 24.1 Å². The van der Waals surface area contributed by atoms with E-state index in [0.29, 0.717) is 17.9 Å². The number of carbonyl (C=O) groups excluding carboxylic acids is 2. The second kappa shape index (κ2) is 8.05. The maximum atomic E-state index is 12.4. The molecule has 2 aliphatic rings. The number of hydrogen-bond acceptors (Lipinski definition) is 4. The second-order valence-electron chi connectivity index (χ2n) is 5.74. The third-order valence-corrected chi connectivity index (χ3v) is 5.86. The Morgan fingerprint density at radius 1 is 1.38 bits per heavy atom. The van der Waals surface area contributed by atoms with Crippen LogP contribution in [0.2, 0.25) is 0 Å². The first-order valence-corrected chi connectivity index (χ1v) is 10.1. The van der Waals surface area contributed by atoms with Crippen molar-refractivity contribution >= 4 is 45.5 Å². The molecule has 2 N–H and O–H groups in total. The number of carboxylic acid groups (broad SMARTS) is 1. The van der Waals surface area contributed by atoms with Gasteiger partial charge in [0.15, 0.2) is 18.9 Å². The van der Waals surface area contributed by atoms with Crippen LogP contribution in [0, 0.1) is 0 Å². The van der Waals surface area contributed by atoms with E-state index in [1.54, 1.807) is 6.08 Å². The van der Waals surface area contributed by atoms with Gasteiger partial charge in [-0.1, -0.05) is 28.1 Å². The molecule has 3 heterocycles. The van der Waals surface area contributed by atoms with Crippen LogP contribution in [0.4, 0.5) is 0 Å². The lowest BCUT2D eigenvalue weighted by Gasteiger charge is -2.49. The van der Waals surface area contributed by atoms with Gasteiger partial charge in [0.05, 0.1) is 5.33 Å². The summed E-state index contributed by atoms with van der Waals surface area (Å²) >= 11 is 4.49. The van der Waals surface area contributed by atoms with Gasteiger partial charge in [-0.25, -0.2) is 9.36 Å². The van der Waals surface area contributed by atoms with Crippen molar-refractivity contribution in [2.75, 3.05) is 11.1 Å². The van der Waals surface area contributed by atoms with Crippen LogP contribution in [0.15, 0.2) is 54.0 Å². The molecular weight excluding hydrogens is 422 g/mol. The molecule has 1 saturated heterocycles. The zero-order valence-electron chi connectivity index (χ0n) is 13.7. The minimum absolute atomic E-state index is 0.00240. The fourth-order valence-corrected chi connectivity index (χ4v) is 4.34. The predicted molar refractivity (Wildman–Crippen MR) is 99.3 cm³/mol. The lowest BCUT2D eigenvalue weighted by Crippen LogP contribution is -2.70. The molecule has 0 bridgehead atoms. The average Bonchev–Trinajstić information content (AvgIpc) is 2.65. The Bertz CT molecular complexity index is 796. The minimum atomic E-state index is -1.14. The van der Waals surface area contributed by atoms with E-state index >= 15 is 0 Å². The normalized spacial score (nSPS) is 22.2. The number of pyridine rings is 1. The van der Waals surface area contributed by atoms with Crippen molar-refractivity contribution in [2.24, 2.45) is 0 Å². The van der Waals surface area contributed by atoms with E-state index in [1.165, 1.54) is 16.7 Å². The predicted octanol–water partition coefficient (Wildman–Crippen LogP) is 0.664. The molecule has 9 heteroatoms. The average molecular weight is 439 g/mol. The van der Waals surface area contributed by atoms with Crippen molar-refractivity contribution in [1.82, 2.24) is 10.2 Å². The van der Waals surface area contributed by atoms with E-state index in [0.717, 1.165) is 0 Å². The fraction of sp³-hybridized carbons (Fsp3) is 0.294. The van der Waals surface area contributed by atoms with E-state index < -0.39 is 17.9 Å². The number of fused-ring (bicyclic) bond motifs is 1. The number of alkyl halides is 1. The quantitative estimate of drug-likeness (QED) is 0.386. The Labute approximate surface area is 162 Å². The molecule has 0 saturated carbocycles. The lowest BCUT2D eigenvalue weighted by molar-refractivity contribution is -0.687. The molecule has 0 spiro atoms. The van der Waals surface area contributed by atoms with Crippen molar-refractivity contribution in [1.29, 1.82) is 0 Å². The SMILES string of the molecule is O=C(CBr)N[C@@H]1C(=O)N2C(C(=O)O)=C(C=CC[n+]3ccccc3)CS[C@H]12. The Balaban J connectivity index is 1.77. The number of nitrogens with zero attached hydrogens (tertiary/aromatic N) is 2. The molecule has 26 heavy (non-hydrogen) atoms. The summed E-state index contributed by atoms with van der Waals surface area (Å²) in [6.45, 7) is 0.600. The number of aliphatic carboxylic acids is 1. The Morgan fingerprint density at radius 2 is 2.12 bits per heavy atom. The van der Waals surface area contributed by atoms with Crippen LogP contribution >= 0.6 is 27.7 Å². The van der Waals surface area contributed by atoms with Crippen molar-refractivity contribution in [3.63, 3.8) is 0 Å². The molecular formula is C17H17BrN3O4S+. The maximum absolute atomic E-state index is 12.4. The Hall–Kier alpha value is -2.13. The first-order valence-electron chi connectivity index (χ1n) is 7.90. The number of hydrogen-bond donors (Lipinski definition) is 2. The van der Waals surface area contributed by atoms with Crippen LogP contribution in [0.25, 0.3) is 0 Å². The summed E-state index contributed by atoms with van der Waals surface area (Å²) in [5.74, 6) is -1.36. The van der Waals surface area contributed by atoms with Crippen molar-refractivity contribution in [3.8, 4) is 0 Å². The van der Waals surface area contributed by atoms with E-state index in [4.69, 9.17) is 0 Å². The highest BCUT2D eigenvalue weighted by Crippen LogP contribution is 2.40. The topological polar surface area (TPSA) is 90.6 Å². The highest BCUT2D eigenvalue weighted by molar-refractivity contribution is 9.09. The van der Waals surface area contributed by atoms with Crippen molar-refractivity contribution in [3.05, 3.63) is 54.0 Å². The summed E-state index contributed by atoms with van der Waals surface area (Å²) in [7, 11) is 0. The van der Waals surface area contributed by atoms with Crippen LogP contribution in [0.5, 0.6) is 0 Å². The van der Waals surface area contributed by atoms with Gasteiger partial charge in [-0.3, -0.25) is 14.5 Å². The summed E-state index contributed by atoms with van der Waals surface area (Å²) < 4.78 is 1.96. The molecule has 2 amide bonds. The van der Waals surface area contributed by atoms with Gasteiger partial charge >= 0.3 is 5.97 Å². The number of nitrogens with one attached hydrogen (secondary N) is 1. The standard InChI is InChI=1S/C17H16BrN3O4S/c18-9-12(22)19-13-15(23)21-14(17(24)25)11(10-26-16(13)21)5-4-8-20-6-2-1-3-7-20/h1-7,13,16H,8-10H2,(H-,19,22,24,25)/p+1/t13-,16-/m1/s1. The van der Waals surface area contributed by atoms with Gasteiger partial charge in [0, 0.05) is 17.9 Å². The van der Waals surface area contributed by atoms with Crippen LogP contribution in [0.1, 0.15) is 0 Å². The fourth-order valence-electron chi connectivity index (χ4n) is 2.86. The van der Waals surface area contributed by atoms with E-state index in [9.17, 15) is 19.5 Å². The monoisotopic (exact) mass is 438 g/mol. The first-order chi connectivity index (χ1) is 12.5. The Morgan fingerprint density at radius 3 is 2.77 bits per heavy atom. The van der Waals surface area contributed by atoms with Gasteiger partial charge in [0.25, 0.3) is 5.91 Å². The molecule has 136 valence electrons. The van der Waals surface area contributed by atoms with Gasteiger partial charge in [-0.15, -0.1) is 11.8 Å². The molecule has 0 unspecified atom stereocenters. The molecule has 2 atom stereocenters. The van der Waals surface area contributed by atoms with Gasteiger partial charge in [0.2, 0.25) is 5.91 Å². The number of aromatic nitrogens is 1. The first kappa shape index (κ1) is 18.7. The van der Waals surface area contributed by atoms with Crippen LogP contribution in [-0.4, -0.2) is 50.3 Å². The second-order valence-corrected chi connectivity index (χ2v) is 7.41. The molecule has 7 nitrogen and oxygen atoms in total. The van der Waals surface area contributed by atoms with Crippen molar-refractivity contribution in [2.45, 2.75) is 18.0 Å². The maximum Gasteiger partial charge on any atom is 0.352 e. The number of carboxylic acids is 1. The van der Waals surface area contributed by atoms with Gasteiger partial charge in [0.1, 0.15) is 17.1 Å². The van der Waals surface area contributed by atoms with Gasteiger partial charge < -0.3 is 10.4 Å². The van der Waals surface area contributed by atoms with Crippen LogP contribution in [-0.2, 0) is 20.9 Å². The number of allylic oxidation sites excluding steroid dienone is 2. The van der Waals surface area contributed by atoms with E-state index in [1.807, 2.05) is 41.2 Å². The number of thioether (sulfide) groups is 1. The van der Waals surface area contributed by atoms with E-state index in [2.05, 4.69) is 21.2 Å². The Kier molecular flexibility index (Phi) is 5.77. The molecule has 0 radical (unpaired) electrons. The summed E-state index contributed by atoms with van der Waals surface area (Å²) in [6.07, 6.45) is 7.45. The summed E-state index contributed by atoms with van der Waals surface area (Å²) in [4.78, 5) is 36.9. The minimum Gasteiger partial charge on any atom is -0.477 e. The van der Waals surface area contributed by atoms with E-state index in [-0.39, 0.29) is 22.3 Å². The zero-order chi connectivity index (χ0) is 18.7. The van der Waals surface area contributed by atoms with Gasteiger partial charge in [-0.2, -0.15) is 0 Å². The summed E-state index contributed by atoms with van der Waals surface area (Å²) in [6, 6.07) is 5.07. The smallest absolute Gasteiger partial charge is 0.352 e. The number of β-lactam (4-membered cyclic amide) rings is 1. The largest absolute Gasteiger partial charge is 0.477 e. The van der Waals surface area contributed by atoms with Crippen LogP contribution < -0.4 is 9.88 Å². The highest BCUT2D eigenvalue weighted by atomic mass is 79.9. The number of carbonyl (C=O) groups is 3. The molecule has 0 aliphatic carbocycles. The zero-order valence-corrected chi connectivity index (χ0v) is 16.1. The number of halogens is 1. The molecule has 3 rings (SSSR count). The molecule has 0 aromatic carbocycles. The molecule has 1 aromatic heterocycles. The highest BCUT2D eigenvalue weighted by Gasteiger charge is 2.53. The lowest BCUT2D eigenvalue weighted by atomic mass is 10.0. The third-order valence-electron chi connectivity index (χ3n) is 4.05. The van der Waals surface area contributed by atoms with Gasteiger partial charge in [-0.05, 0) is 11.6 Å². The summed E-state index contributed by atoms with van der Waals surface area (Å²) in [5, 5.41) is 11.9. The summed E-state index contributed by atoms with van der Waals surface area (Å²) in [5.41, 5.74) is 0.589. The van der Waals surface area contributed by atoms with Crippen LogP contribution in [0.3, 0.4) is 0 Å². The third kappa shape index (κ3) is 3.68.